The van der Waals surface area contributed by atoms with E-state index in [4.69, 9.17) is 0 Å². The van der Waals surface area contributed by atoms with Crippen LogP contribution in [0.15, 0.2) is 29.2 Å². The van der Waals surface area contributed by atoms with Gasteiger partial charge in [-0.05, 0) is 12.1 Å². The summed E-state index contributed by atoms with van der Waals surface area (Å²) < 4.78 is 24.8. The number of aliphatic hydroxyl groups is 2. The van der Waals surface area contributed by atoms with E-state index in [-0.39, 0.29) is 23.5 Å². The maximum absolute atomic E-state index is 12.4. The van der Waals surface area contributed by atoms with E-state index in [9.17, 15) is 23.8 Å². The molecule has 2 N–H and O–H groups in total. The third-order valence-electron chi connectivity index (χ3n) is 2.88. The highest BCUT2D eigenvalue weighted by atomic mass is 32.2. The molecule has 19 heavy (non-hydrogen) atoms. The molecule has 0 spiro atoms. The SMILES string of the molecule is O=C(c1ccccc1SC(F)F)N1CC(O)C(O)C1. The normalized spacial score (nSPS) is 23.1. The lowest BCUT2D eigenvalue weighted by Crippen LogP contribution is -2.30. The molecule has 0 bridgehead atoms. The van der Waals surface area contributed by atoms with E-state index in [1.54, 1.807) is 12.1 Å². The van der Waals surface area contributed by atoms with Crippen LogP contribution in [-0.4, -0.2) is 52.1 Å². The zero-order valence-electron chi connectivity index (χ0n) is 9.87. The third-order valence-corrected chi connectivity index (χ3v) is 3.67. The van der Waals surface area contributed by atoms with Crippen molar-refractivity contribution in [3.63, 3.8) is 0 Å². The van der Waals surface area contributed by atoms with Crippen LogP contribution in [0.2, 0.25) is 0 Å². The molecule has 104 valence electrons. The highest BCUT2D eigenvalue weighted by Gasteiger charge is 2.33. The van der Waals surface area contributed by atoms with E-state index in [1.165, 1.54) is 17.0 Å². The third kappa shape index (κ3) is 3.23. The lowest BCUT2D eigenvalue weighted by Gasteiger charge is -2.17. The quantitative estimate of drug-likeness (QED) is 0.820. The summed E-state index contributed by atoms with van der Waals surface area (Å²) in [5.41, 5.74) is 0.161. The van der Waals surface area contributed by atoms with Crippen LogP contribution in [-0.2, 0) is 0 Å². The van der Waals surface area contributed by atoms with Gasteiger partial charge in [0, 0.05) is 18.0 Å². The van der Waals surface area contributed by atoms with E-state index >= 15 is 0 Å². The highest BCUT2D eigenvalue weighted by molar-refractivity contribution is 7.99. The van der Waals surface area contributed by atoms with Crippen molar-refractivity contribution in [1.82, 2.24) is 4.90 Å². The average Bonchev–Trinajstić information content (AvgIpc) is 2.69. The molecule has 1 aliphatic heterocycles. The van der Waals surface area contributed by atoms with Gasteiger partial charge in [0.1, 0.15) is 0 Å². The molecule has 0 aliphatic carbocycles. The number of likely N-dealkylation sites (tertiary alicyclic amines) is 1. The number of benzene rings is 1. The summed E-state index contributed by atoms with van der Waals surface area (Å²) in [6.07, 6.45) is -1.97. The zero-order valence-corrected chi connectivity index (χ0v) is 10.7. The van der Waals surface area contributed by atoms with Crippen molar-refractivity contribution in [3.8, 4) is 0 Å². The zero-order chi connectivity index (χ0) is 14.0. The van der Waals surface area contributed by atoms with E-state index in [0.717, 1.165) is 0 Å². The Bertz CT molecular complexity index is 462. The molecule has 0 aromatic heterocycles. The number of amides is 1. The summed E-state index contributed by atoms with van der Waals surface area (Å²) in [5.74, 6) is -3.07. The fourth-order valence-corrected chi connectivity index (χ4v) is 2.58. The predicted octanol–water partition coefficient (Wildman–Crippen LogP) is 1.18. The molecule has 4 nitrogen and oxygen atoms in total. The molecule has 1 heterocycles. The first kappa shape index (κ1) is 14.2. The summed E-state index contributed by atoms with van der Waals surface area (Å²) >= 11 is 0.308. The Labute approximate surface area is 113 Å². The molecule has 2 rings (SSSR count). The van der Waals surface area contributed by atoms with Gasteiger partial charge in [0.15, 0.2) is 0 Å². The number of carbonyl (C=O) groups excluding carboxylic acids is 1. The molecule has 1 aromatic carbocycles. The number of halogens is 2. The van der Waals surface area contributed by atoms with Gasteiger partial charge in [-0.3, -0.25) is 4.79 Å². The van der Waals surface area contributed by atoms with Gasteiger partial charge in [0.2, 0.25) is 0 Å². The Morgan fingerprint density at radius 3 is 2.42 bits per heavy atom. The predicted molar refractivity (Wildman–Crippen MR) is 66.2 cm³/mol. The van der Waals surface area contributed by atoms with Crippen molar-refractivity contribution in [2.75, 3.05) is 13.1 Å². The molecule has 1 amide bonds. The molecule has 1 aromatic rings. The first-order valence-electron chi connectivity index (χ1n) is 5.68. The Kier molecular flexibility index (Phi) is 4.38. The largest absolute Gasteiger partial charge is 0.388 e. The maximum atomic E-state index is 12.4. The number of aliphatic hydroxyl groups excluding tert-OH is 2. The molecule has 2 unspecified atom stereocenters. The summed E-state index contributed by atoms with van der Waals surface area (Å²) in [7, 11) is 0. The fourth-order valence-electron chi connectivity index (χ4n) is 1.95. The van der Waals surface area contributed by atoms with Crippen molar-refractivity contribution in [2.45, 2.75) is 22.9 Å². The summed E-state index contributed by atoms with van der Waals surface area (Å²) in [4.78, 5) is 13.6. The number of rotatable bonds is 3. The second-order valence-corrected chi connectivity index (χ2v) is 5.25. The standard InChI is InChI=1S/C12H13F2NO3S/c13-12(14)19-10-4-2-1-3-7(10)11(18)15-5-8(16)9(17)6-15/h1-4,8-9,12,16-17H,5-6H2. The highest BCUT2D eigenvalue weighted by Crippen LogP contribution is 2.29. The topological polar surface area (TPSA) is 60.8 Å². The Morgan fingerprint density at radius 2 is 1.84 bits per heavy atom. The lowest BCUT2D eigenvalue weighted by atomic mass is 10.2. The Balaban J connectivity index is 2.19. The van der Waals surface area contributed by atoms with E-state index in [2.05, 4.69) is 0 Å². The lowest BCUT2D eigenvalue weighted by molar-refractivity contribution is 0.0572. The van der Waals surface area contributed by atoms with Crippen LogP contribution < -0.4 is 0 Å². The summed E-state index contributed by atoms with van der Waals surface area (Å²) in [6, 6.07) is 6.08. The van der Waals surface area contributed by atoms with Gasteiger partial charge in [-0.15, -0.1) is 0 Å². The van der Waals surface area contributed by atoms with Crippen LogP contribution in [0, 0.1) is 0 Å². The number of hydrogen-bond donors (Lipinski definition) is 2. The van der Waals surface area contributed by atoms with Gasteiger partial charge >= 0.3 is 0 Å². The van der Waals surface area contributed by atoms with Gasteiger partial charge in [-0.2, -0.15) is 8.78 Å². The molecule has 0 radical (unpaired) electrons. The number of alkyl halides is 2. The maximum Gasteiger partial charge on any atom is 0.288 e. The van der Waals surface area contributed by atoms with Crippen LogP contribution in [0.5, 0.6) is 0 Å². The van der Waals surface area contributed by atoms with Gasteiger partial charge in [-0.25, -0.2) is 0 Å². The molecule has 1 aliphatic rings. The van der Waals surface area contributed by atoms with Crippen molar-refractivity contribution in [2.24, 2.45) is 0 Å². The monoisotopic (exact) mass is 289 g/mol. The molecule has 7 heteroatoms. The minimum absolute atomic E-state index is 0.00762. The van der Waals surface area contributed by atoms with Crippen LogP contribution in [0.1, 0.15) is 10.4 Å². The number of thioether (sulfide) groups is 1. The van der Waals surface area contributed by atoms with E-state index in [1.807, 2.05) is 0 Å². The van der Waals surface area contributed by atoms with Gasteiger partial charge in [0.05, 0.1) is 17.8 Å². The number of carbonyl (C=O) groups is 1. The average molecular weight is 289 g/mol. The van der Waals surface area contributed by atoms with Crippen molar-refractivity contribution in [1.29, 1.82) is 0 Å². The van der Waals surface area contributed by atoms with E-state index < -0.39 is 23.9 Å². The van der Waals surface area contributed by atoms with Crippen LogP contribution >= 0.6 is 11.8 Å². The summed E-state index contributed by atoms with van der Waals surface area (Å²) in [5, 5.41) is 18.8. The molecule has 0 saturated carbocycles. The van der Waals surface area contributed by atoms with Gasteiger partial charge in [0.25, 0.3) is 11.7 Å². The van der Waals surface area contributed by atoms with Crippen molar-refractivity contribution in [3.05, 3.63) is 29.8 Å². The molecular formula is C12H13F2NO3S. The van der Waals surface area contributed by atoms with Gasteiger partial charge in [-0.1, -0.05) is 23.9 Å². The number of nitrogens with zero attached hydrogens (tertiary/aromatic N) is 1. The van der Waals surface area contributed by atoms with Gasteiger partial charge < -0.3 is 15.1 Å². The first-order chi connectivity index (χ1) is 8.99. The fraction of sp³-hybridized carbons (Fsp3) is 0.417. The van der Waals surface area contributed by atoms with Crippen LogP contribution in [0.4, 0.5) is 8.78 Å². The minimum atomic E-state index is -2.61. The van der Waals surface area contributed by atoms with Crippen molar-refractivity contribution >= 4 is 17.7 Å². The second kappa shape index (κ2) is 5.85. The summed E-state index contributed by atoms with van der Waals surface area (Å²) in [6.45, 7) is 0.0152. The Hall–Kier alpha value is -1.18. The molecular weight excluding hydrogens is 276 g/mol. The van der Waals surface area contributed by atoms with Crippen LogP contribution in [0.3, 0.4) is 0 Å². The van der Waals surface area contributed by atoms with E-state index in [0.29, 0.717) is 11.8 Å². The van der Waals surface area contributed by atoms with Crippen LogP contribution in [0.25, 0.3) is 0 Å². The molecule has 2 atom stereocenters. The minimum Gasteiger partial charge on any atom is -0.388 e. The Morgan fingerprint density at radius 1 is 1.26 bits per heavy atom. The molecule has 1 fully saturated rings. The molecule has 1 saturated heterocycles. The number of β-amino-alcohol motifs (C(OH)–C–C–N with tert-alkyl or cyclic N) is 2. The number of hydrogen-bond acceptors (Lipinski definition) is 4. The smallest absolute Gasteiger partial charge is 0.288 e. The first-order valence-corrected chi connectivity index (χ1v) is 6.56. The van der Waals surface area contributed by atoms with Crippen molar-refractivity contribution < 1.29 is 23.8 Å². The second-order valence-electron chi connectivity index (χ2n) is 4.22.